The van der Waals surface area contributed by atoms with Crippen molar-refractivity contribution < 1.29 is 37.6 Å². The lowest BCUT2D eigenvalue weighted by Gasteiger charge is -2.18. The molecular weight excluding hydrogens is 254 g/mol. The highest BCUT2D eigenvalue weighted by molar-refractivity contribution is 5.79. The topological polar surface area (TPSA) is 47.6 Å². The van der Waals surface area contributed by atoms with E-state index in [0.29, 0.717) is 0 Å². The molecule has 0 bridgehead atoms. The second-order valence-electron chi connectivity index (χ2n) is 3.93. The molecule has 20 heavy (non-hydrogen) atoms. The van der Waals surface area contributed by atoms with Crippen LogP contribution in [0.2, 0.25) is 0 Å². The van der Waals surface area contributed by atoms with E-state index in [1.165, 1.54) is 0 Å². The largest absolute Gasteiger partial charge is 0.493 e. The van der Waals surface area contributed by atoms with Crippen molar-refractivity contribution in [2.45, 2.75) is 43.9 Å². The Morgan fingerprint density at radius 2 is 2.30 bits per heavy atom. The van der Waals surface area contributed by atoms with Crippen LogP contribution in [-0.2, 0) is 4.79 Å². The van der Waals surface area contributed by atoms with E-state index in [9.17, 15) is 4.79 Å². The van der Waals surface area contributed by atoms with Gasteiger partial charge in [-0.2, -0.15) is 0 Å². The van der Waals surface area contributed by atoms with Gasteiger partial charge in [0.25, 0.3) is 0 Å². The Morgan fingerprint density at radius 3 is 3.00 bits per heavy atom. The van der Waals surface area contributed by atoms with Crippen LogP contribution in [0.1, 0.15) is 66.7 Å². The number of methoxy groups -OCH3 is 1. The average Bonchev–Trinajstić information content (AvgIpc) is 3.00. The van der Waals surface area contributed by atoms with E-state index in [4.69, 9.17) is 28.0 Å². The lowest BCUT2D eigenvalue weighted by Crippen LogP contribution is -2.14. The molecule has 1 aliphatic carbocycles. The Hall–Kier alpha value is -1.71. The third-order valence-electron chi connectivity index (χ3n) is 2.61. The molecule has 1 aromatic carbocycles. The van der Waals surface area contributed by atoms with E-state index in [2.05, 4.69) is 4.74 Å². The summed E-state index contributed by atoms with van der Waals surface area (Å²) >= 11 is 0. The summed E-state index contributed by atoms with van der Waals surface area (Å²) in [5.74, 6) is -5.07. The third kappa shape index (κ3) is 2.74. The molecule has 2 fully saturated rings. The van der Waals surface area contributed by atoms with Crippen molar-refractivity contribution in [3.63, 3.8) is 0 Å². The summed E-state index contributed by atoms with van der Waals surface area (Å²) in [6.45, 7) is -2.58. The van der Waals surface area contributed by atoms with Crippen LogP contribution in [0.4, 0.5) is 0 Å². The zero-order valence-corrected chi connectivity index (χ0v) is 10.0. The van der Waals surface area contributed by atoms with E-state index in [1.54, 1.807) is 0 Å². The van der Waals surface area contributed by atoms with Gasteiger partial charge in [0.2, 0.25) is 5.91 Å². The summed E-state index contributed by atoms with van der Waals surface area (Å²) in [6.07, 6.45) is -19.5. The molecule has 1 atom stereocenters. The van der Waals surface area contributed by atoms with E-state index < -0.39 is 98.5 Å². The van der Waals surface area contributed by atoms with Crippen LogP contribution in [0.25, 0.3) is 0 Å². The van der Waals surface area contributed by atoms with Crippen LogP contribution in [0.3, 0.4) is 0 Å². The quantitative estimate of drug-likeness (QED) is 0.928. The number of carbonyl (C=O) groups is 1. The van der Waals surface area contributed by atoms with E-state index in [0.717, 1.165) is 0 Å². The third-order valence-corrected chi connectivity index (χ3v) is 2.61. The number of hydrogen-bond acceptors (Lipinski definition) is 3. The van der Waals surface area contributed by atoms with Gasteiger partial charge in [-0.1, -0.05) is 6.04 Å². The Morgan fingerprint density at radius 1 is 1.45 bits per heavy atom. The van der Waals surface area contributed by atoms with Gasteiger partial charge in [0.15, 0.2) is 11.5 Å². The van der Waals surface area contributed by atoms with Crippen molar-refractivity contribution in [1.82, 2.24) is 5.32 Å². The number of amides is 1. The van der Waals surface area contributed by atoms with E-state index >= 15 is 0 Å². The maximum Gasteiger partial charge on any atom is 0.220 e. The number of nitrogens with one attached hydrogen (secondary N) is 1. The predicted molar refractivity (Wildman–Crippen MR) is 76.2 cm³/mol. The molecular formula is C16H21NO3. The molecule has 1 aliphatic heterocycles. The second kappa shape index (κ2) is 5.73. The van der Waals surface area contributed by atoms with Gasteiger partial charge < -0.3 is 14.8 Å². The normalized spacial score (nSPS) is 50.1. The summed E-state index contributed by atoms with van der Waals surface area (Å²) in [6, 6.07) is -3.28. The lowest BCUT2D eigenvalue weighted by molar-refractivity contribution is -0.119. The van der Waals surface area contributed by atoms with Crippen LogP contribution >= 0.6 is 0 Å². The van der Waals surface area contributed by atoms with Crippen molar-refractivity contribution in [3.05, 3.63) is 23.7 Å². The Labute approximate surface area is 143 Å². The van der Waals surface area contributed by atoms with Crippen molar-refractivity contribution in [2.24, 2.45) is 0 Å². The highest BCUT2D eigenvalue weighted by Gasteiger charge is 2.25. The fourth-order valence-corrected chi connectivity index (χ4v) is 1.70. The molecule has 1 unspecified atom stereocenters. The standard InChI is InChI=1S/C16H21NO3/c1-19-14-7-6-11(12-9-16(18)17-10-12)8-15(14)20-13-4-2-3-5-13/h6-8,12-13H,2-5,9-10H2,1H3,(H,17,18)/i1D3,2D2,3D2,4D2,5D2,6D,7D,8D,10D2,13D. The van der Waals surface area contributed by atoms with E-state index in [1.807, 2.05) is 5.32 Å². The van der Waals surface area contributed by atoms with Crippen LogP contribution in [0.5, 0.6) is 11.5 Å². The lowest BCUT2D eigenvalue weighted by atomic mass is 9.98. The summed E-state index contributed by atoms with van der Waals surface area (Å²) in [7, 11) is -3.39. The summed E-state index contributed by atoms with van der Waals surface area (Å²) < 4.78 is 145. The fourth-order valence-electron chi connectivity index (χ4n) is 1.70. The summed E-state index contributed by atoms with van der Waals surface area (Å²) in [5, 5.41) is 1.96. The molecule has 1 amide bonds. The molecule has 1 saturated heterocycles. The molecule has 4 nitrogen and oxygen atoms in total. The van der Waals surface area contributed by atoms with Crippen LogP contribution in [-0.4, -0.2) is 25.5 Å². The number of carbonyl (C=O) groups excluding carboxylic acids is 1. The number of benzene rings is 1. The molecule has 0 radical (unpaired) electrons. The molecule has 3 rings (SSSR count). The van der Waals surface area contributed by atoms with Gasteiger partial charge in [-0.3, -0.25) is 4.79 Å². The Bertz CT molecular complexity index is 1120. The first-order valence-corrected chi connectivity index (χ1v) is 5.61. The molecule has 1 N–H and O–H groups in total. The molecule has 0 aromatic heterocycles. The second-order valence-corrected chi connectivity index (χ2v) is 3.93. The molecule has 1 aromatic rings. The minimum atomic E-state index is -3.87. The SMILES string of the molecule is [2H]c1c([2H])c(C2CC(=O)NC2([2H])[2H])c([2H])c(OC2([2H])C([2H])([2H])C([2H])([2H])C([2H])([2H])C2([2H])[2H])c1OC([2H])([2H])[2H]. The molecule has 1 saturated carbocycles. The zero-order chi connectivity index (χ0) is 28.9. The first kappa shape index (κ1) is 3.93. The molecule has 2 aliphatic rings. The fraction of sp³-hybridized carbons (Fsp3) is 0.562. The van der Waals surface area contributed by atoms with E-state index in [-0.39, 0.29) is 0 Å². The summed E-state index contributed by atoms with van der Waals surface area (Å²) in [4.78, 5) is 11.9. The minimum absolute atomic E-state index is 0.637. The smallest absolute Gasteiger partial charge is 0.220 e. The first-order valence-electron chi connectivity index (χ1n) is 14.1. The monoisotopic (exact) mass is 292 g/mol. The summed E-state index contributed by atoms with van der Waals surface area (Å²) in [5.41, 5.74) is -0.713. The molecule has 108 valence electrons. The van der Waals surface area contributed by atoms with Gasteiger partial charge in [0.05, 0.1) is 22.7 Å². The van der Waals surface area contributed by atoms with Crippen molar-refractivity contribution in [1.29, 1.82) is 0 Å². The van der Waals surface area contributed by atoms with Gasteiger partial charge >= 0.3 is 0 Å². The maximum absolute atomic E-state index is 11.9. The van der Waals surface area contributed by atoms with Gasteiger partial charge in [-0.05, 0) is 43.1 Å². The van der Waals surface area contributed by atoms with Crippen molar-refractivity contribution in [2.75, 3.05) is 13.5 Å². The highest BCUT2D eigenvalue weighted by Crippen LogP contribution is 2.35. The number of hydrogen-bond donors (Lipinski definition) is 1. The van der Waals surface area contributed by atoms with Crippen LogP contribution in [0.15, 0.2) is 18.1 Å². The van der Waals surface area contributed by atoms with Gasteiger partial charge in [-0.15, -0.1) is 0 Å². The molecule has 0 spiro atoms. The molecule has 4 heteroatoms. The number of ether oxygens (including phenoxy) is 2. The average molecular weight is 292 g/mol. The molecule has 1 heterocycles. The number of rotatable bonds is 4. The van der Waals surface area contributed by atoms with Crippen molar-refractivity contribution in [3.8, 4) is 11.5 Å². The first-order chi connectivity index (χ1) is 16.3. The van der Waals surface area contributed by atoms with Gasteiger partial charge in [-0.25, -0.2) is 0 Å². The zero-order valence-electron chi connectivity index (χ0n) is 27.0. The predicted octanol–water partition coefficient (Wildman–Crippen LogP) is 2.62. The van der Waals surface area contributed by atoms with Gasteiger partial charge in [0, 0.05) is 32.5 Å². The highest BCUT2D eigenvalue weighted by atomic mass is 16.5. The maximum atomic E-state index is 11.9. The Balaban J connectivity index is 2.38. The van der Waals surface area contributed by atoms with Crippen LogP contribution < -0.4 is 14.8 Å². The Kier molecular flexibility index (Phi) is 1.13. The van der Waals surface area contributed by atoms with Crippen LogP contribution in [0, 0.1) is 0 Å². The van der Waals surface area contributed by atoms with Gasteiger partial charge in [0.1, 0.15) is 0 Å². The minimum Gasteiger partial charge on any atom is -0.493 e. The van der Waals surface area contributed by atoms with Crippen molar-refractivity contribution >= 4 is 5.91 Å².